The third kappa shape index (κ3) is 4.06. The zero-order valence-electron chi connectivity index (χ0n) is 11.7. The normalized spacial score (nSPS) is 19.4. The lowest BCUT2D eigenvalue weighted by atomic mass is 10.1. The molecule has 5 nitrogen and oxygen atoms in total. The predicted octanol–water partition coefficient (Wildman–Crippen LogP) is 0.559. The van der Waals surface area contributed by atoms with Crippen molar-refractivity contribution in [3.63, 3.8) is 0 Å². The van der Waals surface area contributed by atoms with Crippen molar-refractivity contribution in [2.24, 2.45) is 0 Å². The molecule has 0 aromatic heterocycles. The SMILES string of the molecule is CC(=O)NC(C(=O)NCc1ccccc1)C1CCCN1. The number of benzene rings is 1. The van der Waals surface area contributed by atoms with Gasteiger partial charge in [-0.25, -0.2) is 0 Å². The average molecular weight is 275 g/mol. The molecule has 20 heavy (non-hydrogen) atoms. The summed E-state index contributed by atoms with van der Waals surface area (Å²) in [5.41, 5.74) is 1.04. The number of carbonyl (C=O) groups excluding carboxylic acids is 2. The Bertz CT molecular complexity index is 455. The maximum atomic E-state index is 12.3. The van der Waals surface area contributed by atoms with Gasteiger partial charge in [0.15, 0.2) is 0 Å². The van der Waals surface area contributed by atoms with Crippen LogP contribution in [0.3, 0.4) is 0 Å². The first-order valence-corrected chi connectivity index (χ1v) is 6.99. The molecule has 0 radical (unpaired) electrons. The predicted molar refractivity (Wildman–Crippen MR) is 76.9 cm³/mol. The summed E-state index contributed by atoms with van der Waals surface area (Å²) in [6, 6.07) is 9.25. The van der Waals surface area contributed by atoms with Crippen LogP contribution in [0.15, 0.2) is 30.3 Å². The first-order valence-electron chi connectivity index (χ1n) is 6.99. The van der Waals surface area contributed by atoms with Crippen LogP contribution in [-0.4, -0.2) is 30.4 Å². The van der Waals surface area contributed by atoms with Crippen molar-refractivity contribution in [2.75, 3.05) is 6.54 Å². The van der Waals surface area contributed by atoms with Gasteiger partial charge in [-0.3, -0.25) is 9.59 Å². The topological polar surface area (TPSA) is 70.2 Å². The van der Waals surface area contributed by atoms with E-state index in [0.29, 0.717) is 6.54 Å². The van der Waals surface area contributed by atoms with Gasteiger partial charge in [0.1, 0.15) is 6.04 Å². The maximum absolute atomic E-state index is 12.3. The molecule has 2 rings (SSSR count). The molecule has 3 N–H and O–H groups in total. The van der Waals surface area contributed by atoms with Crippen molar-refractivity contribution < 1.29 is 9.59 Å². The summed E-state index contributed by atoms with van der Waals surface area (Å²) in [5, 5.41) is 8.90. The Morgan fingerprint density at radius 2 is 2.10 bits per heavy atom. The number of nitrogens with one attached hydrogen (secondary N) is 3. The number of hydrogen-bond donors (Lipinski definition) is 3. The van der Waals surface area contributed by atoms with Gasteiger partial charge >= 0.3 is 0 Å². The molecule has 0 bridgehead atoms. The van der Waals surface area contributed by atoms with Crippen molar-refractivity contribution in [2.45, 2.75) is 38.4 Å². The van der Waals surface area contributed by atoms with E-state index in [-0.39, 0.29) is 17.9 Å². The quantitative estimate of drug-likeness (QED) is 0.735. The first-order chi connectivity index (χ1) is 9.66. The molecule has 1 aliphatic rings. The summed E-state index contributed by atoms with van der Waals surface area (Å²) < 4.78 is 0. The monoisotopic (exact) mass is 275 g/mol. The van der Waals surface area contributed by atoms with Crippen LogP contribution in [0.4, 0.5) is 0 Å². The Labute approximate surface area is 119 Å². The second-order valence-corrected chi connectivity index (χ2v) is 5.08. The molecule has 1 aromatic carbocycles. The van der Waals surface area contributed by atoms with E-state index in [9.17, 15) is 9.59 Å². The molecule has 108 valence electrons. The van der Waals surface area contributed by atoms with Gasteiger partial charge in [0.2, 0.25) is 11.8 Å². The molecule has 1 aromatic rings. The highest BCUT2D eigenvalue weighted by Gasteiger charge is 2.30. The minimum Gasteiger partial charge on any atom is -0.350 e. The molecule has 2 amide bonds. The summed E-state index contributed by atoms with van der Waals surface area (Å²) in [4.78, 5) is 23.5. The summed E-state index contributed by atoms with van der Waals surface area (Å²) in [7, 11) is 0. The smallest absolute Gasteiger partial charge is 0.244 e. The highest BCUT2D eigenvalue weighted by atomic mass is 16.2. The second kappa shape index (κ2) is 7.05. The zero-order valence-corrected chi connectivity index (χ0v) is 11.7. The van der Waals surface area contributed by atoms with Gasteiger partial charge in [0.25, 0.3) is 0 Å². The van der Waals surface area contributed by atoms with Crippen LogP contribution in [0.25, 0.3) is 0 Å². The van der Waals surface area contributed by atoms with E-state index < -0.39 is 6.04 Å². The van der Waals surface area contributed by atoms with E-state index in [2.05, 4.69) is 16.0 Å². The molecule has 5 heteroatoms. The van der Waals surface area contributed by atoms with E-state index in [1.54, 1.807) is 0 Å². The molecule has 2 atom stereocenters. The van der Waals surface area contributed by atoms with Crippen molar-refractivity contribution in [1.82, 2.24) is 16.0 Å². The van der Waals surface area contributed by atoms with Crippen LogP contribution in [0.1, 0.15) is 25.3 Å². The van der Waals surface area contributed by atoms with Crippen LogP contribution in [-0.2, 0) is 16.1 Å². The maximum Gasteiger partial charge on any atom is 0.244 e. The lowest BCUT2D eigenvalue weighted by molar-refractivity contribution is -0.128. The van der Waals surface area contributed by atoms with Gasteiger partial charge in [-0.1, -0.05) is 30.3 Å². The Morgan fingerprint density at radius 1 is 1.35 bits per heavy atom. The van der Waals surface area contributed by atoms with Crippen molar-refractivity contribution in [3.8, 4) is 0 Å². The van der Waals surface area contributed by atoms with E-state index in [0.717, 1.165) is 24.9 Å². The minimum atomic E-state index is -0.501. The molecular weight excluding hydrogens is 254 g/mol. The van der Waals surface area contributed by atoms with E-state index in [4.69, 9.17) is 0 Å². The molecule has 2 unspecified atom stereocenters. The fourth-order valence-corrected chi connectivity index (χ4v) is 2.46. The summed E-state index contributed by atoms with van der Waals surface area (Å²) in [6.07, 6.45) is 1.94. The Balaban J connectivity index is 1.93. The molecule has 1 aliphatic heterocycles. The van der Waals surface area contributed by atoms with Crippen molar-refractivity contribution in [1.29, 1.82) is 0 Å². The second-order valence-electron chi connectivity index (χ2n) is 5.08. The Kier molecular flexibility index (Phi) is 5.12. The van der Waals surface area contributed by atoms with E-state index in [1.807, 2.05) is 30.3 Å². The van der Waals surface area contributed by atoms with Crippen LogP contribution >= 0.6 is 0 Å². The number of rotatable bonds is 5. The summed E-state index contributed by atoms with van der Waals surface area (Å²) >= 11 is 0. The lowest BCUT2D eigenvalue weighted by Crippen LogP contribution is -2.55. The number of carbonyl (C=O) groups is 2. The van der Waals surface area contributed by atoms with E-state index in [1.165, 1.54) is 6.92 Å². The first kappa shape index (κ1) is 14.5. The van der Waals surface area contributed by atoms with Gasteiger partial charge in [0, 0.05) is 19.5 Å². The standard InChI is InChI=1S/C15H21N3O2/c1-11(19)18-14(13-8-5-9-16-13)15(20)17-10-12-6-3-2-4-7-12/h2-4,6-7,13-14,16H,5,8-10H2,1H3,(H,17,20)(H,18,19). The van der Waals surface area contributed by atoms with Gasteiger partial charge < -0.3 is 16.0 Å². The zero-order chi connectivity index (χ0) is 14.4. The highest BCUT2D eigenvalue weighted by molar-refractivity contribution is 5.87. The van der Waals surface area contributed by atoms with Crippen molar-refractivity contribution in [3.05, 3.63) is 35.9 Å². The molecular formula is C15H21N3O2. The van der Waals surface area contributed by atoms with Crippen LogP contribution in [0, 0.1) is 0 Å². The largest absolute Gasteiger partial charge is 0.350 e. The Hall–Kier alpha value is -1.88. The third-order valence-corrected chi connectivity index (χ3v) is 3.45. The van der Waals surface area contributed by atoms with Gasteiger partial charge in [-0.05, 0) is 24.9 Å². The highest BCUT2D eigenvalue weighted by Crippen LogP contribution is 2.10. The lowest BCUT2D eigenvalue weighted by Gasteiger charge is -2.23. The number of amides is 2. The van der Waals surface area contributed by atoms with Gasteiger partial charge in [-0.15, -0.1) is 0 Å². The average Bonchev–Trinajstić information content (AvgIpc) is 2.97. The van der Waals surface area contributed by atoms with Crippen LogP contribution in [0.5, 0.6) is 0 Å². The minimum absolute atomic E-state index is 0.0228. The third-order valence-electron chi connectivity index (χ3n) is 3.45. The number of hydrogen-bond acceptors (Lipinski definition) is 3. The molecule has 0 spiro atoms. The van der Waals surface area contributed by atoms with Gasteiger partial charge in [0.05, 0.1) is 0 Å². The molecule has 1 fully saturated rings. The molecule has 0 aliphatic carbocycles. The summed E-state index contributed by atoms with van der Waals surface area (Å²) in [6.45, 7) is 2.81. The van der Waals surface area contributed by atoms with Gasteiger partial charge in [-0.2, -0.15) is 0 Å². The van der Waals surface area contributed by atoms with E-state index >= 15 is 0 Å². The molecule has 1 heterocycles. The molecule has 0 saturated carbocycles. The molecule has 1 saturated heterocycles. The fraction of sp³-hybridized carbons (Fsp3) is 0.467. The fourth-order valence-electron chi connectivity index (χ4n) is 2.46. The van der Waals surface area contributed by atoms with Crippen LogP contribution < -0.4 is 16.0 Å². The van der Waals surface area contributed by atoms with Crippen molar-refractivity contribution >= 4 is 11.8 Å². The Morgan fingerprint density at radius 3 is 2.70 bits per heavy atom. The summed E-state index contributed by atoms with van der Waals surface area (Å²) in [5.74, 6) is -0.318. The van der Waals surface area contributed by atoms with Crippen LogP contribution in [0.2, 0.25) is 0 Å².